The second-order valence-corrected chi connectivity index (χ2v) is 5.21. The molecule has 0 saturated heterocycles. The lowest BCUT2D eigenvalue weighted by Gasteiger charge is -2.04. The van der Waals surface area contributed by atoms with Gasteiger partial charge in [0.05, 0.1) is 12.9 Å². The molecular formula is C15H25NO2. The van der Waals surface area contributed by atoms with E-state index in [0.717, 1.165) is 30.8 Å². The first-order valence-corrected chi connectivity index (χ1v) is 6.57. The number of hydrogen-bond acceptors (Lipinski definition) is 3. The van der Waals surface area contributed by atoms with E-state index in [4.69, 9.17) is 9.15 Å². The van der Waals surface area contributed by atoms with Crippen LogP contribution in [-0.2, 0) is 17.9 Å². The molecule has 1 N–H and O–H groups in total. The molecule has 0 spiro atoms. The smallest absolute Gasteiger partial charge is 0.129 e. The quantitative estimate of drug-likeness (QED) is 0.539. The first-order valence-electron chi connectivity index (χ1n) is 6.57. The van der Waals surface area contributed by atoms with E-state index >= 15 is 0 Å². The Bertz CT molecular complexity index is 355. The van der Waals surface area contributed by atoms with Crippen molar-refractivity contribution < 1.29 is 9.15 Å². The third kappa shape index (κ3) is 6.62. The Morgan fingerprint density at radius 3 is 2.94 bits per heavy atom. The molecule has 0 saturated carbocycles. The summed E-state index contributed by atoms with van der Waals surface area (Å²) in [5, 5.41) is 3.38. The van der Waals surface area contributed by atoms with Gasteiger partial charge in [-0.2, -0.15) is 0 Å². The molecule has 0 bridgehead atoms. The lowest BCUT2D eigenvalue weighted by atomic mass is 10.2. The molecule has 102 valence electrons. The highest BCUT2D eigenvalue weighted by Crippen LogP contribution is 2.09. The minimum Gasteiger partial charge on any atom is -0.467 e. The normalized spacial score (nSPS) is 11.1. The van der Waals surface area contributed by atoms with Gasteiger partial charge < -0.3 is 14.5 Å². The van der Waals surface area contributed by atoms with Gasteiger partial charge in [0.1, 0.15) is 12.4 Å². The molecule has 0 unspecified atom stereocenters. The van der Waals surface area contributed by atoms with E-state index < -0.39 is 0 Å². The van der Waals surface area contributed by atoms with Gasteiger partial charge in [-0.1, -0.05) is 19.4 Å². The first kappa shape index (κ1) is 15.0. The van der Waals surface area contributed by atoms with Crippen molar-refractivity contribution in [3.8, 4) is 0 Å². The van der Waals surface area contributed by atoms with Gasteiger partial charge in [-0.25, -0.2) is 0 Å². The standard InChI is InChI=1S/C15H25NO2/c1-12(2)5-6-17-11-15-7-14(10-18-15)9-16-8-13(3)4/h7,10,13,16H,1,5-6,8-9,11H2,2-4H3. The average Bonchev–Trinajstić information content (AvgIpc) is 2.72. The number of nitrogens with one attached hydrogen (secondary N) is 1. The maximum Gasteiger partial charge on any atom is 0.129 e. The second-order valence-electron chi connectivity index (χ2n) is 5.21. The van der Waals surface area contributed by atoms with Crippen molar-refractivity contribution in [1.29, 1.82) is 0 Å². The van der Waals surface area contributed by atoms with Crippen LogP contribution in [0.4, 0.5) is 0 Å². The summed E-state index contributed by atoms with van der Waals surface area (Å²) in [7, 11) is 0. The highest BCUT2D eigenvalue weighted by atomic mass is 16.5. The summed E-state index contributed by atoms with van der Waals surface area (Å²) in [6.07, 6.45) is 2.70. The van der Waals surface area contributed by atoms with Gasteiger partial charge >= 0.3 is 0 Å². The number of ether oxygens (including phenoxy) is 1. The second kappa shape index (κ2) is 8.11. The Morgan fingerprint density at radius 2 is 2.28 bits per heavy atom. The molecule has 1 aromatic rings. The minimum atomic E-state index is 0.539. The van der Waals surface area contributed by atoms with E-state index in [0.29, 0.717) is 19.1 Å². The summed E-state index contributed by atoms with van der Waals surface area (Å²) in [5.41, 5.74) is 2.32. The Labute approximate surface area is 110 Å². The van der Waals surface area contributed by atoms with Crippen molar-refractivity contribution in [1.82, 2.24) is 5.32 Å². The molecule has 1 rings (SSSR count). The van der Waals surface area contributed by atoms with Crippen molar-refractivity contribution in [2.24, 2.45) is 5.92 Å². The monoisotopic (exact) mass is 251 g/mol. The van der Waals surface area contributed by atoms with Crippen molar-refractivity contribution in [3.05, 3.63) is 35.8 Å². The largest absolute Gasteiger partial charge is 0.467 e. The SMILES string of the molecule is C=C(C)CCOCc1cc(CNCC(C)C)co1. The summed E-state index contributed by atoms with van der Waals surface area (Å²) in [4.78, 5) is 0. The van der Waals surface area contributed by atoms with Crippen molar-refractivity contribution >= 4 is 0 Å². The van der Waals surface area contributed by atoms with Gasteiger partial charge in [-0.05, 0) is 31.9 Å². The van der Waals surface area contributed by atoms with E-state index in [1.165, 1.54) is 5.56 Å². The summed E-state index contributed by atoms with van der Waals surface area (Å²) in [6, 6.07) is 2.05. The number of furan rings is 1. The van der Waals surface area contributed by atoms with Gasteiger partial charge in [0, 0.05) is 12.1 Å². The molecule has 0 aliphatic carbocycles. The summed E-state index contributed by atoms with van der Waals surface area (Å²) in [6.45, 7) is 13.4. The molecule has 3 heteroatoms. The Morgan fingerprint density at radius 1 is 1.50 bits per heavy atom. The van der Waals surface area contributed by atoms with Crippen molar-refractivity contribution in [2.45, 2.75) is 40.3 Å². The molecule has 0 aliphatic rings. The molecule has 1 aromatic heterocycles. The maximum absolute atomic E-state index is 5.51. The summed E-state index contributed by atoms with van der Waals surface area (Å²) >= 11 is 0. The van der Waals surface area contributed by atoms with Crippen LogP contribution in [0, 0.1) is 5.92 Å². The van der Waals surface area contributed by atoms with Crippen molar-refractivity contribution in [2.75, 3.05) is 13.2 Å². The lowest BCUT2D eigenvalue weighted by molar-refractivity contribution is 0.109. The molecule has 0 amide bonds. The molecule has 3 nitrogen and oxygen atoms in total. The third-order valence-corrected chi connectivity index (χ3v) is 2.51. The fourth-order valence-corrected chi connectivity index (χ4v) is 1.52. The molecule has 0 fully saturated rings. The van der Waals surface area contributed by atoms with Crippen molar-refractivity contribution in [3.63, 3.8) is 0 Å². The van der Waals surface area contributed by atoms with Crippen LogP contribution in [-0.4, -0.2) is 13.2 Å². The summed E-state index contributed by atoms with van der Waals surface area (Å²) in [5.74, 6) is 1.56. The fraction of sp³-hybridized carbons (Fsp3) is 0.600. The fourth-order valence-electron chi connectivity index (χ4n) is 1.52. The summed E-state index contributed by atoms with van der Waals surface area (Å²) < 4.78 is 11.0. The lowest BCUT2D eigenvalue weighted by Crippen LogP contribution is -2.18. The van der Waals surface area contributed by atoms with Crippen LogP contribution in [0.3, 0.4) is 0 Å². The van der Waals surface area contributed by atoms with Gasteiger partial charge in [0.25, 0.3) is 0 Å². The predicted molar refractivity (Wildman–Crippen MR) is 74.3 cm³/mol. The Balaban J connectivity index is 2.19. The van der Waals surface area contributed by atoms with Gasteiger partial charge in [0.2, 0.25) is 0 Å². The third-order valence-electron chi connectivity index (χ3n) is 2.51. The molecule has 0 aliphatic heterocycles. The molecular weight excluding hydrogens is 226 g/mol. The van der Waals surface area contributed by atoms with Gasteiger partial charge in [0.15, 0.2) is 0 Å². The highest BCUT2D eigenvalue weighted by Gasteiger charge is 2.02. The molecule has 0 atom stereocenters. The topological polar surface area (TPSA) is 34.4 Å². The zero-order valence-corrected chi connectivity index (χ0v) is 11.8. The molecule has 0 radical (unpaired) electrons. The van der Waals surface area contributed by atoms with Crippen LogP contribution < -0.4 is 5.32 Å². The van der Waals surface area contributed by atoms with Crippen LogP contribution in [0.2, 0.25) is 0 Å². The molecule has 1 heterocycles. The first-order chi connectivity index (χ1) is 8.58. The van der Waals surface area contributed by atoms with E-state index in [2.05, 4.69) is 25.7 Å². The van der Waals surface area contributed by atoms with Crippen LogP contribution in [0.15, 0.2) is 28.9 Å². The van der Waals surface area contributed by atoms with E-state index in [1.54, 1.807) is 6.26 Å². The highest BCUT2D eigenvalue weighted by molar-refractivity contribution is 5.12. The zero-order valence-electron chi connectivity index (χ0n) is 11.8. The minimum absolute atomic E-state index is 0.539. The Kier molecular flexibility index (Phi) is 6.76. The molecule has 0 aromatic carbocycles. The predicted octanol–water partition coefficient (Wildman–Crippen LogP) is 3.51. The van der Waals surface area contributed by atoms with Crippen LogP contribution in [0.25, 0.3) is 0 Å². The number of hydrogen-bond donors (Lipinski definition) is 1. The average molecular weight is 251 g/mol. The van der Waals surface area contributed by atoms with Crippen LogP contribution >= 0.6 is 0 Å². The van der Waals surface area contributed by atoms with E-state index in [9.17, 15) is 0 Å². The van der Waals surface area contributed by atoms with Gasteiger partial charge in [-0.3, -0.25) is 0 Å². The van der Waals surface area contributed by atoms with Gasteiger partial charge in [-0.15, -0.1) is 6.58 Å². The van der Waals surface area contributed by atoms with E-state index in [-0.39, 0.29) is 0 Å². The maximum atomic E-state index is 5.51. The van der Waals surface area contributed by atoms with Crippen LogP contribution in [0.5, 0.6) is 0 Å². The Hall–Kier alpha value is -1.06. The molecule has 18 heavy (non-hydrogen) atoms. The number of rotatable bonds is 9. The van der Waals surface area contributed by atoms with Crippen LogP contribution in [0.1, 0.15) is 38.5 Å². The zero-order chi connectivity index (χ0) is 13.4. The van der Waals surface area contributed by atoms with E-state index in [1.807, 2.05) is 13.0 Å².